The Morgan fingerprint density at radius 1 is 1.37 bits per heavy atom. The van der Waals surface area contributed by atoms with E-state index in [4.69, 9.17) is 5.11 Å². The van der Waals surface area contributed by atoms with Crippen LogP contribution in [0.1, 0.15) is 36.8 Å². The lowest BCUT2D eigenvalue weighted by atomic mass is 10.1. The molecule has 0 atom stereocenters. The van der Waals surface area contributed by atoms with Crippen molar-refractivity contribution in [3.05, 3.63) is 23.4 Å². The Kier molecular flexibility index (Phi) is 6.29. The number of likely N-dealkylation sites (N-methyl/N-ethyl adjacent to an activating group) is 1. The largest absolute Gasteiger partial charge is 0.395 e. The maximum absolute atomic E-state index is 12.3. The second-order valence-electron chi connectivity index (χ2n) is 4.22. The van der Waals surface area contributed by atoms with E-state index >= 15 is 0 Å². The summed E-state index contributed by atoms with van der Waals surface area (Å²) >= 11 is 0. The Balaban J connectivity index is 3.03. The van der Waals surface area contributed by atoms with E-state index in [-0.39, 0.29) is 12.5 Å². The number of carbonyl (C=O) groups excluding carboxylic acids is 1. The van der Waals surface area contributed by atoms with Gasteiger partial charge in [-0.15, -0.1) is 0 Å². The van der Waals surface area contributed by atoms with Crippen LogP contribution < -0.4 is 5.32 Å². The van der Waals surface area contributed by atoms with Gasteiger partial charge in [-0.2, -0.15) is 0 Å². The molecule has 0 unspecified atom stereocenters. The van der Waals surface area contributed by atoms with Crippen LogP contribution in [0.15, 0.2) is 12.1 Å². The molecule has 1 aromatic heterocycles. The predicted octanol–water partition coefficient (Wildman–Crippen LogP) is 1.53. The molecule has 0 aliphatic heterocycles. The van der Waals surface area contributed by atoms with E-state index in [0.29, 0.717) is 18.7 Å². The molecular weight excluding hydrogens is 242 g/mol. The van der Waals surface area contributed by atoms with Crippen LogP contribution in [0.3, 0.4) is 0 Å². The number of anilines is 1. The highest BCUT2D eigenvalue weighted by Crippen LogP contribution is 2.13. The number of rotatable bonds is 7. The fourth-order valence-electron chi connectivity index (χ4n) is 1.87. The van der Waals surface area contributed by atoms with E-state index in [1.54, 1.807) is 11.0 Å². The molecule has 5 heteroatoms. The van der Waals surface area contributed by atoms with Gasteiger partial charge in [0, 0.05) is 30.9 Å². The Morgan fingerprint density at radius 3 is 2.63 bits per heavy atom. The Morgan fingerprint density at radius 2 is 2.11 bits per heavy atom. The van der Waals surface area contributed by atoms with Crippen LogP contribution in [0, 0.1) is 0 Å². The third-order valence-electron chi connectivity index (χ3n) is 2.88. The molecular formula is C14H23N3O2. The summed E-state index contributed by atoms with van der Waals surface area (Å²) in [7, 11) is 0. The van der Waals surface area contributed by atoms with E-state index < -0.39 is 0 Å². The standard InChI is InChI=1S/C14H23N3O2/c1-4-12-9-11(10-13(16-12)15-5-2)14(19)17(6-3)7-8-18/h9-10,18H,4-8H2,1-3H3,(H,15,16). The van der Waals surface area contributed by atoms with Crippen LogP contribution in [-0.4, -0.2) is 47.1 Å². The number of pyridine rings is 1. The lowest BCUT2D eigenvalue weighted by Crippen LogP contribution is -2.33. The summed E-state index contributed by atoms with van der Waals surface area (Å²) in [6, 6.07) is 3.59. The van der Waals surface area contributed by atoms with E-state index in [1.807, 2.05) is 26.8 Å². The predicted molar refractivity (Wildman–Crippen MR) is 76.4 cm³/mol. The minimum atomic E-state index is -0.0622. The first-order valence-corrected chi connectivity index (χ1v) is 6.81. The molecule has 0 saturated heterocycles. The van der Waals surface area contributed by atoms with E-state index in [1.165, 1.54) is 0 Å². The minimum absolute atomic E-state index is 0.0225. The number of hydrogen-bond acceptors (Lipinski definition) is 4. The summed E-state index contributed by atoms with van der Waals surface area (Å²) in [5.74, 6) is 0.665. The van der Waals surface area contributed by atoms with Crippen LogP contribution in [0.5, 0.6) is 0 Å². The molecule has 5 nitrogen and oxygen atoms in total. The molecule has 19 heavy (non-hydrogen) atoms. The van der Waals surface area contributed by atoms with Crippen molar-refractivity contribution in [2.24, 2.45) is 0 Å². The zero-order valence-electron chi connectivity index (χ0n) is 11.9. The number of nitrogens with one attached hydrogen (secondary N) is 1. The molecule has 0 aromatic carbocycles. The van der Waals surface area contributed by atoms with E-state index in [0.717, 1.165) is 24.5 Å². The third kappa shape index (κ3) is 4.21. The van der Waals surface area contributed by atoms with Crippen molar-refractivity contribution >= 4 is 11.7 Å². The highest BCUT2D eigenvalue weighted by atomic mass is 16.3. The zero-order valence-corrected chi connectivity index (χ0v) is 11.9. The van der Waals surface area contributed by atoms with Gasteiger partial charge < -0.3 is 15.3 Å². The van der Waals surface area contributed by atoms with Gasteiger partial charge in [0.1, 0.15) is 5.82 Å². The van der Waals surface area contributed by atoms with Crippen LogP contribution >= 0.6 is 0 Å². The topological polar surface area (TPSA) is 65.5 Å². The SMILES string of the molecule is CCNc1cc(C(=O)N(CC)CCO)cc(CC)n1. The number of aliphatic hydroxyl groups excluding tert-OH is 1. The monoisotopic (exact) mass is 265 g/mol. The van der Waals surface area contributed by atoms with Gasteiger partial charge in [0.25, 0.3) is 5.91 Å². The minimum Gasteiger partial charge on any atom is -0.395 e. The van der Waals surface area contributed by atoms with Crippen molar-refractivity contribution in [1.82, 2.24) is 9.88 Å². The van der Waals surface area contributed by atoms with Crippen molar-refractivity contribution in [2.75, 3.05) is 31.6 Å². The highest BCUT2D eigenvalue weighted by molar-refractivity contribution is 5.95. The fourth-order valence-corrected chi connectivity index (χ4v) is 1.87. The summed E-state index contributed by atoms with van der Waals surface area (Å²) in [6.45, 7) is 7.59. The van der Waals surface area contributed by atoms with E-state index in [9.17, 15) is 4.79 Å². The Bertz CT molecular complexity index is 421. The second-order valence-corrected chi connectivity index (χ2v) is 4.22. The van der Waals surface area contributed by atoms with Crippen molar-refractivity contribution in [2.45, 2.75) is 27.2 Å². The summed E-state index contributed by atoms with van der Waals surface area (Å²) in [6.07, 6.45) is 0.783. The number of aryl methyl sites for hydroxylation is 1. The highest BCUT2D eigenvalue weighted by Gasteiger charge is 2.15. The molecule has 1 rings (SSSR count). The quantitative estimate of drug-likeness (QED) is 0.784. The van der Waals surface area contributed by atoms with Crippen LogP contribution in [0.4, 0.5) is 5.82 Å². The molecule has 0 radical (unpaired) electrons. The summed E-state index contributed by atoms with van der Waals surface area (Å²) in [5, 5.41) is 12.1. The first-order valence-electron chi connectivity index (χ1n) is 6.81. The smallest absolute Gasteiger partial charge is 0.254 e. The molecule has 0 saturated carbocycles. The first kappa shape index (κ1) is 15.4. The third-order valence-corrected chi connectivity index (χ3v) is 2.88. The van der Waals surface area contributed by atoms with E-state index in [2.05, 4.69) is 10.3 Å². The molecule has 1 aromatic rings. The lowest BCUT2D eigenvalue weighted by Gasteiger charge is -2.20. The van der Waals surface area contributed by atoms with Gasteiger partial charge in [0.05, 0.1) is 6.61 Å². The number of hydrogen-bond donors (Lipinski definition) is 2. The van der Waals surface area contributed by atoms with Crippen LogP contribution in [0.2, 0.25) is 0 Å². The summed E-state index contributed by atoms with van der Waals surface area (Å²) < 4.78 is 0. The second kappa shape index (κ2) is 7.74. The van der Waals surface area contributed by atoms with Gasteiger partial charge in [0.2, 0.25) is 0 Å². The van der Waals surface area contributed by atoms with Gasteiger partial charge in [-0.25, -0.2) is 4.98 Å². The first-order chi connectivity index (χ1) is 9.15. The molecule has 0 bridgehead atoms. The number of amides is 1. The number of aliphatic hydroxyl groups is 1. The number of aromatic nitrogens is 1. The maximum Gasteiger partial charge on any atom is 0.254 e. The molecule has 0 fully saturated rings. The molecule has 1 amide bonds. The van der Waals surface area contributed by atoms with Gasteiger partial charge in [-0.1, -0.05) is 6.92 Å². The summed E-state index contributed by atoms with van der Waals surface area (Å²) in [5.41, 5.74) is 1.51. The normalized spacial score (nSPS) is 10.3. The van der Waals surface area contributed by atoms with Crippen LogP contribution in [-0.2, 0) is 6.42 Å². The number of nitrogens with zero attached hydrogens (tertiary/aromatic N) is 2. The molecule has 2 N–H and O–H groups in total. The zero-order chi connectivity index (χ0) is 14.3. The lowest BCUT2D eigenvalue weighted by molar-refractivity contribution is 0.0732. The number of carbonyl (C=O) groups is 1. The van der Waals surface area contributed by atoms with Gasteiger partial charge in [-0.05, 0) is 32.4 Å². The Hall–Kier alpha value is -1.62. The van der Waals surface area contributed by atoms with Crippen molar-refractivity contribution in [3.8, 4) is 0 Å². The van der Waals surface area contributed by atoms with Crippen molar-refractivity contribution in [3.63, 3.8) is 0 Å². The van der Waals surface area contributed by atoms with Crippen molar-refractivity contribution < 1.29 is 9.90 Å². The van der Waals surface area contributed by atoms with Crippen LogP contribution in [0.25, 0.3) is 0 Å². The van der Waals surface area contributed by atoms with Gasteiger partial charge in [0.15, 0.2) is 0 Å². The fraction of sp³-hybridized carbons (Fsp3) is 0.571. The average Bonchev–Trinajstić information content (AvgIpc) is 2.44. The molecule has 0 spiro atoms. The van der Waals surface area contributed by atoms with Gasteiger partial charge in [-0.3, -0.25) is 4.79 Å². The molecule has 1 heterocycles. The molecule has 0 aliphatic rings. The molecule has 106 valence electrons. The maximum atomic E-state index is 12.3. The summed E-state index contributed by atoms with van der Waals surface area (Å²) in [4.78, 5) is 18.4. The van der Waals surface area contributed by atoms with Crippen molar-refractivity contribution in [1.29, 1.82) is 0 Å². The Labute approximate surface area is 114 Å². The average molecular weight is 265 g/mol. The molecule has 0 aliphatic carbocycles. The van der Waals surface area contributed by atoms with Gasteiger partial charge >= 0.3 is 0 Å².